The molecule has 5 N–H and O–H groups in total. The third-order valence-electron chi connectivity index (χ3n) is 4.00. The average Bonchev–Trinajstić information content (AvgIpc) is 2.85. The second-order valence-electron chi connectivity index (χ2n) is 5.41. The molecule has 0 aromatic heterocycles. The summed E-state index contributed by atoms with van der Waals surface area (Å²) < 4.78 is 0. The lowest BCUT2D eigenvalue weighted by atomic mass is 10.1. The molecule has 0 radical (unpaired) electrons. The number of nitrogen functional groups attached to an aromatic ring is 1. The lowest BCUT2D eigenvalue weighted by Gasteiger charge is -2.25. The minimum absolute atomic E-state index is 0.250. The van der Waals surface area contributed by atoms with Gasteiger partial charge >= 0.3 is 0 Å². The van der Waals surface area contributed by atoms with Crippen molar-refractivity contribution in [3.05, 3.63) is 29.3 Å². The molecular weight excluding hydrogens is 254 g/mol. The van der Waals surface area contributed by atoms with Crippen molar-refractivity contribution >= 4 is 11.6 Å². The van der Waals surface area contributed by atoms with E-state index in [9.17, 15) is 4.79 Å². The van der Waals surface area contributed by atoms with Crippen LogP contribution in [0.3, 0.4) is 0 Å². The first-order chi connectivity index (χ1) is 9.61. The van der Waals surface area contributed by atoms with Crippen LogP contribution in [0.25, 0.3) is 0 Å². The molecule has 1 heterocycles. The second-order valence-corrected chi connectivity index (χ2v) is 5.41. The Morgan fingerprint density at radius 1 is 1.45 bits per heavy atom. The average molecular weight is 277 g/mol. The monoisotopic (exact) mass is 277 g/mol. The number of aliphatic hydroxyl groups is 1. The second kappa shape index (κ2) is 6.72. The number of aliphatic hydroxyl groups excluding tert-OH is 1. The standard InChI is InChI=1S/C15H23N3O2/c16-14-9-11(15(17)20)5-6-12(14)10-18-7-1-3-13(18)4-2-8-19/h5-6,9,13,19H,1-4,7-8,10,16H2,(H2,17,20). The lowest BCUT2D eigenvalue weighted by Crippen LogP contribution is -2.29. The van der Waals surface area contributed by atoms with Gasteiger partial charge in [0.25, 0.3) is 0 Å². The van der Waals surface area contributed by atoms with Gasteiger partial charge in [-0.15, -0.1) is 0 Å². The number of nitrogens with two attached hydrogens (primary N) is 2. The summed E-state index contributed by atoms with van der Waals surface area (Å²) in [7, 11) is 0. The zero-order valence-corrected chi connectivity index (χ0v) is 11.7. The third-order valence-corrected chi connectivity index (χ3v) is 4.00. The van der Waals surface area contributed by atoms with E-state index < -0.39 is 5.91 Å². The highest BCUT2D eigenvalue weighted by molar-refractivity contribution is 5.93. The predicted molar refractivity (Wildman–Crippen MR) is 79.1 cm³/mol. The van der Waals surface area contributed by atoms with Gasteiger partial charge in [0.05, 0.1) is 0 Å². The van der Waals surface area contributed by atoms with Crippen molar-refractivity contribution < 1.29 is 9.90 Å². The molecule has 110 valence electrons. The molecule has 1 atom stereocenters. The zero-order valence-electron chi connectivity index (χ0n) is 11.7. The van der Waals surface area contributed by atoms with Crippen LogP contribution in [0, 0.1) is 0 Å². The number of rotatable bonds is 6. The molecule has 1 amide bonds. The summed E-state index contributed by atoms with van der Waals surface area (Å²) >= 11 is 0. The van der Waals surface area contributed by atoms with Gasteiger partial charge in [-0.1, -0.05) is 6.07 Å². The maximum Gasteiger partial charge on any atom is 0.248 e. The first-order valence-electron chi connectivity index (χ1n) is 7.15. The number of carbonyl (C=O) groups is 1. The van der Waals surface area contributed by atoms with Gasteiger partial charge in [0.15, 0.2) is 0 Å². The fourth-order valence-corrected chi connectivity index (χ4v) is 2.87. The Kier molecular flexibility index (Phi) is 4.98. The molecule has 1 aromatic rings. The van der Waals surface area contributed by atoms with E-state index >= 15 is 0 Å². The van der Waals surface area contributed by atoms with E-state index in [1.165, 1.54) is 12.8 Å². The minimum Gasteiger partial charge on any atom is -0.398 e. The molecule has 5 nitrogen and oxygen atoms in total. The quantitative estimate of drug-likeness (QED) is 0.679. The summed E-state index contributed by atoms with van der Waals surface area (Å²) in [6.07, 6.45) is 4.24. The van der Waals surface area contributed by atoms with E-state index in [0.29, 0.717) is 17.3 Å². The van der Waals surface area contributed by atoms with Gasteiger partial charge in [0, 0.05) is 30.4 Å². The van der Waals surface area contributed by atoms with Gasteiger partial charge in [-0.3, -0.25) is 9.69 Å². The molecule has 5 heteroatoms. The molecule has 0 saturated carbocycles. The van der Waals surface area contributed by atoms with Gasteiger partial charge in [-0.05, 0) is 49.9 Å². The highest BCUT2D eigenvalue weighted by Crippen LogP contribution is 2.25. The highest BCUT2D eigenvalue weighted by Gasteiger charge is 2.24. The Balaban J connectivity index is 2.03. The summed E-state index contributed by atoms with van der Waals surface area (Å²) in [5.41, 5.74) is 13.4. The number of likely N-dealkylation sites (tertiary alicyclic amines) is 1. The molecule has 1 fully saturated rings. The Hall–Kier alpha value is -1.59. The summed E-state index contributed by atoms with van der Waals surface area (Å²) in [6.45, 7) is 2.11. The zero-order chi connectivity index (χ0) is 14.5. The van der Waals surface area contributed by atoms with Crippen molar-refractivity contribution in [3.8, 4) is 0 Å². The number of hydrogen-bond donors (Lipinski definition) is 3. The molecular formula is C15H23N3O2. The Labute approximate surface area is 119 Å². The summed E-state index contributed by atoms with van der Waals surface area (Å²) in [6, 6.07) is 5.79. The smallest absolute Gasteiger partial charge is 0.248 e. The molecule has 1 saturated heterocycles. The number of nitrogens with zero attached hydrogens (tertiary/aromatic N) is 1. The molecule has 1 unspecified atom stereocenters. The van der Waals surface area contributed by atoms with Gasteiger partial charge in [-0.25, -0.2) is 0 Å². The largest absolute Gasteiger partial charge is 0.398 e. The molecule has 1 aromatic carbocycles. The van der Waals surface area contributed by atoms with Crippen molar-refractivity contribution in [1.29, 1.82) is 0 Å². The van der Waals surface area contributed by atoms with Crippen molar-refractivity contribution in [2.24, 2.45) is 5.73 Å². The normalized spacial score (nSPS) is 19.4. The van der Waals surface area contributed by atoms with Crippen molar-refractivity contribution in [3.63, 3.8) is 0 Å². The molecule has 2 rings (SSSR count). The van der Waals surface area contributed by atoms with Crippen LogP contribution >= 0.6 is 0 Å². The number of carbonyl (C=O) groups excluding carboxylic acids is 1. The van der Waals surface area contributed by atoms with Crippen LogP contribution < -0.4 is 11.5 Å². The number of hydrogen-bond acceptors (Lipinski definition) is 4. The van der Waals surface area contributed by atoms with Crippen LogP contribution in [0.4, 0.5) is 5.69 Å². The number of primary amides is 1. The van der Waals surface area contributed by atoms with E-state index in [2.05, 4.69) is 4.90 Å². The third kappa shape index (κ3) is 3.49. The predicted octanol–water partition coefficient (Wildman–Crippen LogP) is 1.10. The fourth-order valence-electron chi connectivity index (χ4n) is 2.87. The first kappa shape index (κ1) is 14.8. The van der Waals surface area contributed by atoms with Crippen molar-refractivity contribution in [2.75, 3.05) is 18.9 Å². The molecule has 0 bridgehead atoms. The minimum atomic E-state index is -0.453. The molecule has 0 spiro atoms. The van der Waals surface area contributed by atoms with E-state index in [1.807, 2.05) is 6.07 Å². The number of amides is 1. The van der Waals surface area contributed by atoms with Crippen LogP contribution in [0.2, 0.25) is 0 Å². The maximum absolute atomic E-state index is 11.1. The topological polar surface area (TPSA) is 92.6 Å². The lowest BCUT2D eigenvalue weighted by molar-refractivity contribution is 0.100. The van der Waals surface area contributed by atoms with Gasteiger partial charge in [0.1, 0.15) is 0 Å². The van der Waals surface area contributed by atoms with Crippen LogP contribution in [0.1, 0.15) is 41.6 Å². The molecule has 1 aliphatic heterocycles. The SMILES string of the molecule is NC(=O)c1ccc(CN2CCCC2CCCO)c(N)c1. The Morgan fingerprint density at radius 3 is 2.90 bits per heavy atom. The van der Waals surface area contributed by atoms with Gasteiger partial charge in [-0.2, -0.15) is 0 Å². The van der Waals surface area contributed by atoms with Crippen molar-refractivity contribution in [2.45, 2.75) is 38.3 Å². The maximum atomic E-state index is 11.1. The fraction of sp³-hybridized carbons (Fsp3) is 0.533. The van der Waals surface area contributed by atoms with E-state index in [-0.39, 0.29) is 6.61 Å². The van der Waals surface area contributed by atoms with Crippen molar-refractivity contribution in [1.82, 2.24) is 4.90 Å². The number of benzene rings is 1. The molecule has 0 aliphatic carbocycles. The highest BCUT2D eigenvalue weighted by atomic mass is 16.2. The Bertz CT molecular complexity index is 476. The Morgan fingerprint density at radius 2 is 2.25 bits per heavy atom. The van der Waals surface area contributed by atoms with E-state index in [4.69, 9.17) is 16.6 Å². The van der Waals surface area contributed by atoms with Crippen LogP contribution in [-0.4, -0.2) is 35.1 Å². The summed E-state index contributed by atoms with van der Waals surface area (Å²) in [5, 5.41) is 8.95. The summed E-state index contributed by atoms with van der Waals surface area (Å²) in [5.74, 6) is -0.453. The van der Waals surface area contributed by atoms with Crippen LogP contribution in [0.5, 0.6) is 0 Å². The van der Waals surface area contributed by atoms with Crippen LogP contribution in [-0.2, 0) is 6.54 Å². The van der Waals surface area contributed by atoms with Gasteiger partial charge in [0.2, 0.25) is 5.91 Å². The van der Waals surface area contributed by atoms with Crippen LogP contribution in [0.15, 0.2) is 18.2 Å². The number of anilines is 1. The first-order valence-corrected chi connectivity index (χ1v) is 7.15. The summed E-state index contributed by atoms with van der Waals surface area (Å²) in [4.78, 5) is 13.5. The van der Waals surface area contributed by atoms with Gasteiger partial charge < -0.3 is 16.6 Å². The molecule has 20 heavy (non-hydrogen) atoms. The van der Waals surface area contributed by atoms with E-state index in [1.54, 1.807) is 12.1 Å². The molecule has 1 aliphatic rings. The van der Waals surface area contributed by atoms with E-state index in [0.717, 1.165) is 31.5 Å².